The number of rotatable bonds is 6. The van der Waals surface area contributed by atoms with E-state index in [4.69, 9.17) is 4.74 Å². The van der Waals surface area contributed by atoms with Crippen LogP contribution >= 0.6 is 27.7 Å². The van der Waals surface area contributed by atoms with Crippen molar-refractivity contribution in [1.29, 1.82) is 0 Å². The average molecular weight is 394 g/mol. The molecule has 0 unspecified atom stereocenters. The number of methoxy groups -OCH3 is 1. The third-order valence-corrected chi connectivity index (χ3v) is 4.95. The van der Waals surface area contributed by atoms with Gasteiger partial charge in [0, 0.05) is 21.5 Å². The molecule has 0 spiro atoms. The normalized spacial score (nSPS) is 10.4. The number of hydrogen-bond acceptors (Lipinski definition) is 3. The predicted molar refractivity (Wildman–Crippen MR) is 101 cm³/mol. The minimum absolute atomic E-state index is 0.0152. The number of amides is 1. The molecule has 0 aromatic heterocycles. The van der Waals surface area contributed by atoms with Crippen LogP contribution in [0.15, 0.2) is 40.9 Å². The van der Waals surface area contributed by atoms with E-state index < -0.39 is 0 Å². The smallest absolute Gasteiger partial charge is 0.234 e. The van der Waals surface area contributed by atoms with Crippen LogP contribution in [-0.2, 0) is 10.5 Å². The quantitative estimate of drug-likeness (QED) is 0.754. The van der Waals surface area contributed by atoms with Gasteiger partial charge in [0.2, 0.25) is 5.91 Å². The van der Waals surface area contributed by atoms with E-state index in [0.29, 0.717) is 5.75 Å². The van der Waals surface area contributed by atoms with Gasteiger partial charge < -0.3 is 10.1 Å². The first-order chi connectivity index (χ1) is 11.0. The van der Waals surface area contributed by atoms with Crippen molar-refractivity contribution < 1.29 is 9.53 Å². The SMILES string of the molecule is COc1ccc(Br)cc1CSCC(=O)Nc1c(C)cccc1C. The topological polar surface area (TPSA) is 38.3 Å². The maximum atomic E-state index is 12.2. The molecule has 0 heterocycles. The number of anilines is 1. The standard InChI is InChI=1S/C18H20BrNO2S/c1-12-5-4-6-13(2)18(12)20-17(21)11-23-10-14-9-15(19)7-8-16(14)22-3/h4-9H,10-11H2,1-3H3,(H,20,21). The van der Waals surface area contributed by atoms with Crippen LogP contribution in [0.3, 0.4) is 0 Å². The number of halogens is 1. The van der Waals surface area contributed by atoms with Gasteiger partial charge in [0.1, 0.15) is 5.75 Å². The Hall–Kier alpha value is -1.46. The van der Waals surface area contributed by atoms with Crippen molar-refractivity contribution in [2.24, 2.45) is 0 Å². The zero-order valence-electron chi connectivity index (χ0n) is 13.5. The average Bonchev–Trinajstić information content (AvgIpc) is 2.51. The first-order valence-electron chi connectivity index (χ1n) is 7.27. The summed E-state index contributed by atoms with van der Waals surface area (Å²) in [5, 5.41) is 3.00. The number of aryl methyl sites for hydroxylation is 2. The predicted octanol–water partition coefficient (Wildman–Crippen LogP) is 4.95. The molecule has 2 aromatic rings. The van der Waals surface area contributed by atoms with E-state index >= 15 is 0 Å². The monoisotopic (exact) mass is 393 g/mol. The summed E-state index contributed by atoms with van der Waals surface area (Å²) in [7, 11) is 1.66. The molecule has 3 nitrogen and oxygen atoms in total. The molecule has 2 aromatic carbocycles. The van der Waals surface area contributed by atoms with Crippen molar-refractivity contribution in [1.82, 2.24) is 0 Å². The maximum Gasteiger partial charge on any atom is 0.234 e. The van der Waals surface area contributed by atoms with E-state index in [1.54, 1.807) is 18.9 Å². The molecule has 0 bridgehead atoms. The molecule has 0 fully saturated rings. The van der Waals surface area contributed by atoms with Crippen molar-refractivity contribution in [2.45, 2.75) is 19.6 Å². The highest BCUT2D eigenvalue weighted by Crippen LogP contribution is 2.27. The summed E-state index contributed by atoms with van der Waals surface area (Å²) in [4.78, 5) is 12.2. The molecule has 23 heavy (non-hydrogen) atoms. The number of ether oxygens (including phenoxy) is 1. The van der Waals surface area contributed by atoms with Crippen molar-refractivity contribution in [3.63, 3.8) is 0 Å². The lowest BCUT2D eigenvalue weighted by Crippen LogP contribution is -2.15. The highest BCUT2D eigenvalue weighted by molar-refractivity contribution is 9.10. The summed E-state index contributed by atoms with van der Waals surface area (Å²) in [6, 6.07) is 11.9. The number of benzene rings is 2. The molecule has 1 N–H and O–H groups in total. The summed E-state index contributed by atoms with van der Waals surface area (Å²) in [5.74, 6) is 1.99. The Morgan fingerprint density at radius 1 is 1.22 bits per heavy atom. The highest BCUT2D eigenvalue weighted by atomic mass is 79.9. The minimum Gasteiger partial charge on any atom is -0.496 e. The molecule has 1 amide bonds. The second kappa shape index (κ2) is 8.41. The van der Waals surface area contributed by atoms with E-state index in [-0.39, 0.29) is 5.91 Å². The van der Waals surface area contributed by atoms with Crippen LogP contribution in [0.1, 0.15) is 16.7 Å². The molecule has 0 saturated carbocycles. The van der Waals surface area contributed by atoms with Gasteiger partial charge in [-0.05, 0) is 43.2 Å². The largest absolute Gasteiger partial charge is 0.496 e. The van der Waals surface area contributed by atoms with Gasteiger partial charge in [0.05, 0.1) is 12.9 Å². The van der Waals surface area contributed by atoms with Gasteiger partial charge >= 0.3 is 0 Å². The summed E-state index contributed by atoms with van der Waals surface area (Å²) in [5.41, 5.74) is 4.15. The Balaban J connectivity index is 1.92. The van der Waals surface area contributed by atoms with Crippen LogP contribution in [0.5, 0.6) is 5.75 Å². The van der Waals surface area contributed by atoms with Gasteiger partial charge in [-0.3, -0.25) is 4.79 Å². The number of nitrogens with one attached hydrogen (secondary N) is 1. The number of thioether (sulfide) groups is 1. The highest BCUT2D eigenvalue weighted by Gasteiger charge is 2.09. The summed E-state index contributed by atoms with van der Waals surface area (Å²) < 4.78 is 6.36. The van der Waals surface area contributed by atoms with E-state index in [9.17, 15) is 4.79 Å². The van der Waals surface area contributed by atoms with E-state index in [0.717, 1.165) is 38.4 Å². The zero-order valence-corrected chi connectivity index (χ0v) is 15.9. The molecule has 0 aliphatic rings. The molecule has 0 atom stereocenters. The Bertz CT molecular complexity index is 683. The fourth-order valence-corrected chi connectivity index (χ4v) is 3.51. The Morgan fingerprint density at radius 2 is 1.91 bits per heavy atom. The third kappa shape index (κ3) is 5.01. The molecular weight excluding hydrogens is 374 g/mol. The third-order valence-electron chi connectivity index (χ3n) is 3.48. The second-order valence-electron chi connectivity index (χ2n) is 5.26. The lowest BCUT2D eigenvalue weighted by molar-refractivity contribution is -0.113. The van der Waals surface area contributed by atoms with Gasteiger partial charge in [0.15, 0.2) is 0 Å². The van der Waals surface area contributed by atoms with E-state index in [1.165, 1.54) is 0 Å². The van der Waals surface area contributed by atoms with E-state index in [1.807, 2.05) is 50.2 Å². The summed E-state index contributed by atoms with van der Waals surface area (Å²) in [6.45, 7) is 4.00. The Labute approximate surface area is 149 Å². The van der Waals surface area contributed by atoms with Gasteiger partial charge in [0.25, 0.3) is 0 Å². The molecule has 2 rings (SSSR count). The summed E-state index contributed by atoms with van der Waals surface area (Å²) in [6.07, 6.45) is 0. The first-order valence-corrected chi connectivity index (χ1v) is 9.22. The van der Waals surface area contributed by atoms with Crippen LogP contribution in [0, 0.1) is 13.8 Å². The van der Waals surface area contributed by atoms with Gasteiger partial charge in [-0.1, -0.05) is 34.1 Å². The lowest BCUT2D eigenvalue weighted by atomic mass is 10.1. The van der Waals surface area contributed by atoms with Gasteiger partial charge in [-0.2, -0.15) is 0 Å². The van der Waals surface area contributed by atoms with Crippen molar-refractivity contribution in [3.05, 3.63) is 57.6 Å². The van der Waals surface area contributed by atoms with Crippen molar-refractivity contribution >= 4 is 39.3 Å². The van der Waals surface area contributed by atoms with Crippen LogP contribution in [0.4, 0.5) is 5.69 Å². The Kier molecular flexibility index (Phi) is 6.54. The molecular formula is C18H20BrNO2S. The fraction of sp³-hybridized carbons (Fsp3) is 0.278. The van der Waals surface area contributed by atoms with Crippen LogP contribution in [0.25, 0.3) is 0 Å². The molecule has 0 aliphatic heterocycles. The second-order valence-corrected chi connectivity index (χ2v) is 7.17. The number of hydrogen-bond donors (Lipinski definition) is 1. The first kappa shape index (κ1) is 17.9. The van der Waals surface area contributed by atoms with Crippen molar-refractivity contribution in [3.8, 4) is 5.75 Å². The van der Waals surface area contributed by atoms with E-state index in [2.05, 4.69) is 21.2 Å². The van der Waals surface area contributed by atoms with Crippen LogP contribution in [0.2, 0.25) is 0 Å². The molecule has 5 heteroatoms. The molecule has 122 valence electrons. The zero-order chi connectivity index (χ0) is 16.8. The maximum absolute atomic E-state index is 12.2. The molecule has 0 aliphatic carbocycles. The minimum atomic E-state index is 0.0152. The van der Waals surface area contributed by atoms with Crippen molar-refractivity contribution in [2.75, 3.05) is 18.2 Å². The number of carbonyl (C=O) groups is 1. The van der Waals surface area contributed by atoms with Gasteiger partial charge in [-0.15, -0.1) is 11.8 Å². The molecule has 0 saturated heterocycles. The number of para-hydroxylation sites is 1. The lowest BCUT2D eigenvalue weighted by Gasteiger charge is -2.12. The Morgan fingerprint density at radius 3 is 2.57 bits per heavy atom. The summed E-state index contributed by atoms with van der Waals surface area (Å²) >= 11 is 5.03. The van der Waals surface area contributed by atoms with Crippen LogP contribution < -0.4 is 10.1 Å². The molecule has 0 radical (unpaired) electrons. The fourth-order valence-electron chi connectivity index (χ4n) is 2.30. The van der Waals surface area contributed by atoms with Gasteiger partial charge in [-0.25, -0.2) is 0 Å². The van der Waals surface area contributed by atoms with Crippen LogP contribution in [-0.4, -0.2) is 18.8 Å². The number of carbonyl (C=O) groups excluding carboxylic acids is 1.